The van der Waals surface area contributed by atoms with Crippen molar-refractivity contribution in [2.75, 3.05) is 32.1 Å². The Bertz CT molecular complexity index is 870. The maximum absolute atomic E-state index is 12.0. The van der Waals surface area contributed by atoms with Crippen molar-refractivity contribution in [2.45, 2.75) is 32.1 Å². The van der Waals surface area contributed by atoms with Crippen LogP contribution in [0, 0.1) is 0 Å². The molecule has 1 unspecified atom stereocenters. The van der Waals surface area contributed by atoms with Gasteiger partial charge in [-0.2, -0.15) is 0 Å². The Morgan fingerprint density at radius 2 is 1.90 bits per heavy atom. The largest absolute Gasteiger partial charge is 0.491 e. The molecule has 30 heavy (non-hydrogen) atoms. The van der Waals surface area contributed by atoms with Crippen LogP contribution in [0.2, 0.25) is 0 Å². The second kappa shape index (κ2) is 11.8. The van der Waals surface area contributed by atoms with E-state index in [1.807, 2.05) is 36.4 Å². The number of ether oxygens (including phenoxy) is 1. The lowest BCUT2D eigenvalue weighted by Gasteiger charge is -2.26. The standard InChI is InChI=1S/C23H30N4O2.HI/c1-16(2)18-8-5-7-11-21(18)29-13-12-25-23(24-3)26-15-17-14-22(28)27-20-10-6-4-9-19(17)20;/h4-11,16-17H,12-15H2,1-3H3,(H,27,28)(H2,24,25,26);1H. The van der Waals surface area contributed by atoms with E-state index in [9.17, 15) is 4.79 Å². The lowest BCUT2D eigenvalue weighted by atomic mass is 9.90. The number of nitrogens with one attached hydrogen (secondary N) is 3. The van der Waals surface area contributed by atoms with E-state index in [1.54, 1.807) is 7.05 Å². The van der Waals surface area contributed by atoms with Crippen LogP contribution in [0.15, 0.2) is 53.5 Å². The number of aliphatic imine (C=N–C) groups is 1. The first-order chi connectivity index (χ1) is 14.1. The van der Waals surface area contributed by atoms with Crippen LogP contribution in [-0.4, -0.2) is 38.6 Å². The number of guanidine groups is 1. The quantitative estimate of drug-likeness (QED) is 0.222. The molecule has 3 rings (SSSR count). The first-order valence-electron chi connectivity index (χ1n) is 10.1. The second-order valence-corrected chi connectivity index (χ2v) is 7.46. The zero-order valence-electron chi connectivity index (χ0n) is 17.8. The summed E-state index contributed by atoms with van der Waals surface area (Å²) in [4.78, 5) is 16.2. The molecule has 0 radical (unpaired) electrons. The van der Waals surface area contributed by atoms with Crippen LogP contribution in [0.1, 0.15) is 43.2 Å². The molecule has 0 fully saturated rings. The van der Waals surface area contributed by atoms with Gasteiger partial charge < -0.3 is 20.7 Å². The third kappa shape index (κ3) is 6.35. The third-order valence-electron chi connectivity index (χ3n) is 5.04. The molecule has 1 amide bonds. The van der Waals surface area contributed by atoms with E-state index >= 15 is 0 Å². The van der Waals surface area contributed by atoms with Gasteiger partial charge in [-0.3, -0.25) is 9.79 Å². The van der Waals surface area contributed by atoms with Crippen LogP contribution < -0.4 is 20.7 Å². The lowest BCUT2D eigenvalue weighted by Crippen LogP contribution is -2.42. The number of rotatable bonds is 7. The molecule has 6 nitrogen and oxygen atoms in total. The monoisotopic (exact) mass is 522 g/mol. The molecule has 1 atom stereocenters. The molecule has 0 aromatic heterocycles. The van der Waals surface area contributed by atoms with Crippen LogP contribution >= 0.6 is 24.0 Å². The zero-order valence-corrected chi connectivity index (χ0v) is 20.1. The fourth-order valence-corrected chi connectivity index (χ4v) is 3.54. The molecule has 7 heteroatoms. The first kappa shape index (κ1) is 24.0. The minimum atomic E-state index is 0. The van der Waals surface area contributed by atoms with Crippen LogP contribution in [0.25, 0.3) is 0 Å². The van der Waals surface area contributed by atoms with E-state index in [4.69, 9.17) is 4.74 Å². The molecule has 0 saturated heterocycles. The van der Waals surface area contributed by atoms with E-state index in [1.165, 1.54) is 5.56 Å². The molecular formula is C23H31IN4O2. The molecular weight excluding hydrogens is 491 g/mol. The molecule has 1 aliphatic rings. The Balaban J connectivity index is 0.00000320. The van der Waals surface area contributed by atoms with Crippen molar-refractivity contribution in [3.63, 3.8) is 0 Å². The normalized spacial score (nSPS) is 15.7. The van der Waals surface area contributed by atoms with Gasteiger partial charge in [0.05, 0.1) is 6.54 Å². The Hall–Kier alpha value is -2.29. The van der Waals surface area contributed by atoms with Crippen LogP contribution in [0.4, 0.5) is 5.69 Å². The number of benzene rings is 2. The van der Waals surface area contributed by atoms with Crippen molar-refractivity contribution >= 4 is 41.5 Å². The highest BCUT2D eigenvalue weighted by Crippen LogP contribution is 2.31. The van der Waals surface area contributed by atoms with E-state index in [0.717, 1.165) is 17.0 Å². The minimum Gasteiger partial charge on any atom is -0.491 e. The summed E-state index contributed by atoms with van der Waals surface area (Å²) in [7, 11) is 1.74. The number of halogens is 1. The maximum Gasteiger partial charge on any atom is 0.225 e. The van der Waals surface area contributed by atoms with Crippen molar-refractivity contribution < 1.29 is 9.53 Å². The zero-order chi connectivity index (χ0) is 20.6. The number of carbonyl (C=O) groups is 1. The fraction of sp³-hybridized carbons (Fsp3) is 0.391. The van der Waals surface area contributed by atoms with Gasteiger partial charge in [0.15, 0.2) is 5.96 Å². The molecule has 0 aliphatic carbocycles. The Labute approximate surface area is 195 Å². The van der Waals surface area contributed by atoms with Crippen molar-refractivity contribution in [2.24, 2.45) is 4.99 Å². The summed E-state index contributed by atoms with van der Waals surface area (Å²) >= 11 is 0. The van der Waals surface area contributed by atoms with Gasteiger partial charge in [0, 0.05) is 31.6 Å². The average Bonchev–Trinajstić information content (AvgIpc) is 2.73. The lowest BCUT2D eigenvalue weighted by molar-refractivity contribution is -0.116. The van der Waals surface area contributed by atoms with Crippen molar-refractivity contribution in [1.29, 1.82) is 0 Å². The molecule has 0 bridgehead atoms. The highest BCUT2D eigenvalue weighted by molar-refractivity contribution is 14.0. The van der Waals surface area contributed by atoms with Gasteiger partial charge >= 0.3 is 0 Å². The molecule has 1 heterocycles. The highest BCUT2D eigenvalue weighted by atomic mass is 127. The van der Waals surface area contributed by atoms with E-state index in [-0.39, 0.29) is 35.8 Å². The van der Waals surface area contributed by atoms with E-state index in [0.29, 0.717) is 38.0 Å². The Kier molecular flexibility index (Phi) is 9.42. The van der Waals surface area contributed by atoms with Crippen LogP contribution in [-0.2, 0) is 4.79 Å². The summed E-state index contributed by atoms with van der Waals surface area (Å²) in [6, 6.07) is 16.1. The van der Waals surface area contributed by atoms with Gasteiger partial charge in [-0.1, -0.05) is 50.2 Å². The number of carbonyl (C=O) groups excluding carboxylic acids is 1. The van der Waals surface area contributed by atoms with E-state index in [2.05, 4.69) is 46.9 Å². The van der Waals surface area contributed by atoms with Gasteiger partial charge in [0.1, 0.15) is 12.4 Å². The predicted octanol–water partition coefficient (Wildman–Crippen LogP) is 4.10. The van der Waals surface area contributed by atoms with Gasteiger partial charge in [0.2, 0.25) is 5.91 Å². The summed E-state index contributed by atoms with van der Waals surface area (Å²) in [5.74, 6) is 2.22. The number of para-hydroxylation sites is 2. The number of nitrogens with zero attached hydrogens (tertiary/aromatic N) is 1. The molecule has 1 aliphatic heterocycles. The van der Waals surface area contributed by atoms with Gasteiger partial charge in [-0.05, 0) is 29.2 Å². The van der Waals surface area contributed by atoms with Crippen molar-refractivity contribution in [3.05, 3.63) is 59.7 Å². The number of anilines is 1. The van der Waals surface area contributed by atoms with Crippen molar-refractivity contribution in [1.82, 2.24) is 10.6 Å². The smallest absolute Gasteiger partial charge is 0.225 e. The van der Waals surface area contributed by atoms with Crippen LogP contribution in [0.3, 0.4) is 0 Å². The highest BCUT2D eigenvalue weighted by Gasteiger charge is 2.24. The topological polar surface area (TPSA) is 74.8 Å². The van der Waals surface area contributed by atoms with Crippen LogP contribution in [0.5, 0.6) is 5.75 Å². The Morgan fingerprint density at radius 1 is 1.17 bits per heavy atom. The summed E-state index contributed by atoms with van der Waals surface area (Å²) < 4.78 is 5.95. The molecule has 2 aromatic rings. The number of hydrogen-bond donors (Lipinski definition) is 3. The summed E-state index contributed by atoms with van der Waals surface area (Å²) in [6.07, 6.45) is 0.468. The average molecular weight is 522 g/mol. The number of amides is 1. The Morgan fingerprint density at radius 3 is 2.67 bits per heavy atom. The summed E-state index contributed by atoms with van der Waals surface area (Å²) in [5, 5.41) is 9.54. The summed E-state index contributed by atoms with van der Waals surface area (Å²) in [5.41, 5.74) is 3.27. The maximum atomic E-state index is 12.0. The molecule has 162 valence electrons. The molecule has 3 N–H and O–H groups in total. The summed E-state index contributed by atoms with van der Waals surface area (Å²) in [6.45, 7) is 6.14. The SMILES string of the molecule is CN=C(NCCOc1ccccc1C(C)C)NCC1CC(=O)Nc2ccccc21.I. The number of hydrogen-bond acceptors (Lipinski definition) is 3. The van der Waals surface area contributed by atoms with Gasteiger partial charge in [-0.15, -0.1) is 24.0 Å². The molecule has 0 saturated carbocycles. The number of fused-ring (bicyclic) bond motifs is 1. The second-order valence-electron chi connectivity index (χ2n) is 7.46. The molecule has 0 spiro atoms. The fourth-order valence-electron chi connectivity index (χ4n) is 3.54. The van der Waals surface area contributed by atoms with E-state index < -0.39 is 0 Å². The molecule has 2 aromatic carbocycles. The third-order valence-corrected chi connectivity index (χ3v) is 5.04. The van der Waals surface area contributed by atoms with Gasteiger partial charge in [-0.25, -0.2) is 0 Å². The van der Waals surface area contributed by atoms with Gasteiger partial charge in [0.25, 0.3) is 0 Å². The minimum absolute atomic E-state index is 0. The van der Waals surface area contributed by atoms with Crippen molar-refractivity contribution in [3.8, 4) is 5.75 Å². The first-order valence-corrected chi connectivity index (χ1v) is 10.1. The predicted molar refractivity (Wildman–Crippen MR) is 133 cm³/mol.